The van der Waals surface area contributed by atoms with E-state index in [0.29, 0.717) is 0 Å². The Morgan fingerprint density at radius 1 is 1.59 bits per heavy atom. The second-order valence-electron chi connectivity index (χ2n) is 3.61. The van der Waals surface area contributed by atoms with E-state index in [-0.39, 0.29) is 6.04 Å². The van der Waals surface area contributed by atoms with Crippen LogP contribution in [0.15, 0.2) is 22.1 Å². The zero-order valence-electron chi connectivity index (χ0n) is 9.90. The molecule has 0 saturated heterocycles. The number of ether oxygens (including phenoxy) is 1. The van der Waals surface area contributed by atoms with Gasteiger partial charge >= 0.3 is 0 Å². The fourth-order valence-electron chi connectivity index (χ4n) is 1.81. The van der Waals surface area contributed by atoms with Gasteiger partial charge in [-0.05, 0) is 29.0 Å². The summed E-state index contributed by atoms with van der Waals surface area (Å²) in [6.07, 6.45) is 1.74. The molecule has 0 aliphatic heterocycles. The fraction of sp³-hybridized carbons (Fsp3) is 0.364. The smallest absolute Gasteiger partial charge is 0.161 e. The molecule has 0 aliphatic carbocycles. The van der Waals surface area contributed by atoms with Gasteiger partial charge in [0.25, 0.3) is 0 Å². The molecule has 0 fully saturated rings. The summed E-state index contributed by atoms with van der Waals surface area (Å²) in [4.78, 5) is 1.22. The van der Waals surface area contributed by atoms with Crippen molar-refractivity contribution in [2.45, 2.75) is 6.04 Å². The van der Waals surface area contributed by atoms with E-state index in [4.69, 9.17) is 4.74 Å². The Hall–Kier alpha value is -0.850. The lowest BCUT2D eigenvalue weighted by Crippen LogP contribution is -2.20. The number of thiophene rings is 1. The van der Waals surface area contributed by atoms with Gasteiger partial charge in [-0.3, -0.25) is 4.68 Å². The van der Waals surface area contributed by atoms with Gasteiger partial charge in [0.15, 0.2) is 5.75 Å². The molecule has 1 unspecified atom stereocenters. The topological polar surface area (TPSA) is 39.1 Å². The van der Waals surface area contributed by atoms with E-state index in [9.17, 15) is 0 Å². The molecule has 0 radical (unpaired) electrons. The van der Waals surface area contributed by atoms with E-state index in [1.165, 1.54) is 4.88 Å². The van der Waals surface area contributed by atoms with Crippen LogP contribution < -0.4 is 10.1 Å². The number of hydrogen-bond acceptors (Lipinski definition) is 4. The average Bonchev–Trinajstić information content (AvgIpc) is 2.89. The molecular formula is C11H14BrN3OS. The zero-order chi connectivity index (χ0) is 12.4. The molecule has 4 nitrogen and oxygen atoms in total. The van der Waals surface area contributed by atoms with Crippen LogP contribution in [0, 0.1) is 0 Å². The lowest BCUT2D eigenvalue weighted by molar-refractivity contribution is 0.403. The number of aromatic nitrogens is 2. The van der Waals surface area contributed by atoms with Gasteiger partial charge in [-0.15, -0.1) is 11.3 Å². The molecule has 92 valence electrons. The number of aryl methyl sites for hydroxylation is 1. The molecule has 0 amide bonds. The van der Waals surface area contributed by atoms with E-state index >= 15 is 0 Å². The molecular weight excluding hydrogens is 302 g/mol. The van der Waals surface area contributed by atoms with Crippen molar-refractivity contribution < 1.29 is 4.74 Å². The van der Waals surface area contributed by atoms with Crippen molar-refractivity contribution in [3.05, 3.63) is 32.7 Å². The highest BCUT2D eigenvalue weighted by Crippen LogP contribution is 2.33. The maximum absolute atomic E-state index is 5.35. The predicted molar refractivity (Wildman–Crippen MR) is 72.7 cm³/mol. The Balaban J connectivity index is 2.44. The van der Waals surface area contributed by atoms with Crippen LogP contribution in [0.2, 0.25) is 0 Å². The standard InChI is InChI=1S/C11H14BrN3OS/c1-13-10(9-4-7(12)6-17-9)11-8(16-3)5-14-15(11)2/h4-6,10,13H,1-3H3. The van der Waals surface area contributed by atoms with Crippen molar-refractivity contribution in [3.63, 3.8) is 0 Å². The van der Waals surface area contributed by atoms with Gasteiger partial charge in [0, 0.05) is 21.8 Å². The Morgan fingerprint density at radius 2 is 2.35 bits per heavy atom. The van der Waals surface area contributed by atoms with Gasteiger partial charge in [-0.25, -0.2) is 0 Å². The van der Waals surface area contributed by atoms with E-state index in [2.05, 4.69) is 37.8 Å². The summed E-state index contributed by atoms with van der Waals surface area (Å²) in [5.41, 5.74) is 1.03. The van der Waals surface area contributed by atoms with Crippen LogP contribution >= 0.6 is 27.3 Å². The van der Waals surface area contributed by atoms with Crippen LogP contribution in [0.4, 0.5) is 0 Å². The summed E-state index contributed by atoms with van der Waals surface area (Å²) in [6, 6.07) is 2.20. The normalized spacial score (nSPS) is 12.7. The molecule has 6 heteroatoms. The summed E-state index contributed by atoms with van der Waals surface area (Å²) >= 11 is 5.18. The first-order chi connectivity index (χ1) is 8.17. The minimum atomic E-state index is 0.0914. The quantitative estimate of drug-likeness (QED) is 0.942. The Kier molecular flexibility index (Phi) is 3.86. The summed E-state index contributed by atoms with van der Waals surface area (Å²) in [5, 5.41) is 9.60. The van der Waals surface area contributed by atoms with Crippen molar-refractivity contribution >= 4 is 27.3 Å². The van der Waals surface area contributed by atoms with Gasteiger partial charge in [0.05, 0.1) is 19.3 Å². The Labute approximate surface area is 113 Å². The molecule has 2 aromatic heterocycles. The maximum Gasteiger partial charge on any atom is 0.161 e. The van der Waals surface area contributed by atoms with E-state index in [1.807, 2.05) is 18.8 Å². The molecule has 2 rings (SSSR count). The lowest BCUT2D eigenvalue weighted by atomic mass is 10.1. The van der Waals surface area contributed by atoms with Crippen LogP contribution in [-0.4, -0.2) is 23.9 Å². The summed E-state index contributed by atoms with van der Waals surface area (Å²) < 4.78 is 8.28. The lowest BCUT2D eigenvalue weighted by Gasteiger charge is -2.16. The number of nitrogens with zero attached hydrogens (tertiary/aromatic N) is 2. The third kappa shape index (κ3) is 2.38. The minimum absolute atomic E-state index is 0.0914. The number of hydrogen-bond donors (Lipinski definition) is 1. The van der Waals surface area contributed by atoms with Crippen molar-refractivity contribution in [3.8, 4) is 5.75 Å². The fourth-order valence-corrected chi connectivity index (χ4v) is 3.36. The number of methoxy groups -OCH3 is 1. The van der Waals surface area contributed by atoms with Crippen molar-refractivity contribution in [1.29, 1.82) is 0 Å². The first-order valence-corrected chi connectivity index (χ1v) is 6.81. The van der Waals surface area contributed by atoms with Gasteiger partial charge in [-0.1, -0.05) is 0 Å². The third-order valence-corrected chi connectivity index (χ3v) is 4.36. The highest BCUT2D eigenvalue weighted by atomic mass is 79.9. The summed E-state index contributed by atoms with van der Waals surface area (Å²) in [6.45, 7) is 0. The average molecular weight is 316 g/mol. The Bertz CT molecular complexity index is 509. The number of nitrogens with one attached hydrogen (secondary N) is 1. The van der Waals surface area contributed by atoms with Gasteiger partial charge < -0.3 is 10.1 Å². The first kappa shape index (κ1) is 12.6. The van der Waals surface area contributed by atoms with Crippen molar-refractivity contribution in [2.24, 2.45) is 7.05 Å². The van der Waals surface area contributed by atoms with Crippen LogP contribution in [0.1, 0.15) is 16.6 Å². The summed E-state index contributed by atoms with van der Waals surface area (Å²) in [5.74, 6) is 0.802. The molecule has 2 heterocycles. The SMILES string of the molecule is CNC(c1cc(Br)cs1)c1c(OC)cnn1C. The van der Waals surface area contributed by atoms with E-state index in [1.54, 1.807) is 24.6 Å². The zero-order valence-corrected chi connectivity index (χ0v) is 12.3. The molecule has 0 aliphatic rings. The minimum Gasteiger partial charge on any atom is -0.493 e. The molecule has 1 N–H and O–H groups in total. The van der Waals surface area contributed by atoms with E-state index < -0.39 is 0 Å². The molecule has 0 saturated carbocycles. The monoisotopic (exact) mass is 315 g/mol. The maximum atomic E-state index is 5.35. The molecule has 0 bridgehead atoms. The molecule has 2 aromatic rings. The predicted octanol–water partition coefficient (Wildman–Crippen LogP) is 2.56. The number of halogens is 1. The van der Waals surface area contributed by atoms with E-state index in [0.717, 1.165) is 15.9 Å². The highest BCUT2D eigenvalue weighted by molar-refractivity contribution is 9.10. The second kappa shape index (κ2) is 5.20. The van der Waals surface area contributed by atoms with Crippen molar-refractivity contribution in [2.75, 3.05) is 14.2 Å². The molecule has 1 atom stereocenters. The van der Waals surface area contributed by atoms with Crippen LogP contribution in [0.5, 0.6) is 5.75 Å². The van der Waals surface area contributed by atoms with Gasteiger partial charge in [0.2, 0.25) is 0 Å². The first-order valence-electron chi connectivity index (χ1n) is 5.14. The Morgan fingerprint density at radius 3 is 2.88 bits per heavy atom. The molecule has 17 heavy (non-hydrogen) atoms. The van der Waals surface area contributed by atoms with Gasteiger partial charge in [0.1, 0.15) is 5.69 Å². The van der Waals surface area contributed by atoms with Crippen LogP contribution in [0.3, 0.4) is 0 Å². The second-order valence-corrected chi connectivity index (χ2v) is 5.47. The third-order valence-electron chi connectivity index (χ3n) is 2.60. The van der Waals surface area contributed by atoms with Crippen molar-refractivity contribution in [1.82, 2.24) is 15.1 Å². The largest absolute Gasteiger partial charge is 0.493 e. The number of rotatable bonds is 4. The summed E-state index contributed by atoms with van der Waals surface area (Å²) in [7, 11) is 5.52. The van der Waals surface area contributed by atoms with Crippen LogP contribution in [0.25, 0.3) is 0 Å². The van der Waals surface area contributed by atoms with Crippen LogP contribution in [-0.2, 0) is 7.05 Å². The molecule has 0 aromatic carbocycles. The van der Waals surface area contributed by atoms with Gasteiger partial charge in [-0.2, -0.15) is 5.10 Å². The highest BCUT2D eigenvalue weighted by Gasteiger charge is 2.22. The molecule has 0 spiro atoms.